The summed E-state index contributed by atoms with van der Waals surface area (Å²) in [6, 6.07) is 7.16. The number of nitrogens with zero attached hydrogens (tertiary/aromatic N) is 1. The van der Waals surface area contributed by atoms with Crippen LogP contribution < -0.4 is 16.0 Å². The van der Waals surface area contributed by atoms with E-state index in [9.17, 15) is 28.2 Å². The second-order valence-electron chi connectivity index (χ2n) is 12.1. The van der Waals surface area contributed by atoms with Crippen molar-refractivity contribution in [2.45, 2.75) is 94.9 Å². The molecule has 5 atom stereocenters. The van der Waals surface area contributed by atoms with E-state index in [4.69, 9.17) is 12.8 Å². The van der Waals surface area contributed by atoms with Crippen LogP contribution in [-0.4, -0.2) is 92.0 Å². The fraction of sp³-hybridized carbons (Fsp3) is 0.647. The molecule has 2 amide bonds. The van der Waals surface area contributed by atoms with Crippen LogP contribution in [0.15, 0.2) is 30.3 Å². The number of hydrogen-bond donors (Lipinski definition) is 5. The van der Waals surface area contributed by atoms with Crippen LogP contribution in [0.3, 0.4) is 0 Å². The van der Waals surface area contributed by atoms with E-state index in [-0.39, 0.29) is 31.7 Å². The topological polar surface area (TPSA) is 148 Å². The highest BCUT2D eigenvalue weighted by molar-refractivity contribution is 7.89. The molecule has 5 N–H and O–H groups in total. The van der Waals surface area contributed by atoms with Crippen LogP contribution >= 0.6 is 0 Å². The first-order valence-electron chi connectivity index (χ1n) is 16.0. The van der Waals surface area contributed by atoms with Crippen molar-refractivity contribution in [1.29, 1.82) is 0 Å². The van der Waals surface area contributed by atoms with Gasteiger partial charge in [0.05, 0.1) is 29.9 Å². The van der Waals surface area contributed by atoms with Crippen molar-refractivity contribution in [3.05, 3.63) is 35.9 Å². The van der Waals surface area contributed by atoms with Gasteiger partial charge in [-0.25, -0.2) is 12.7 Å². The van der Waals surface area contributed by atoms with E-state index >= 15 is 0 Å². The summed E-state index contributed by atoms with van der Waals surface area (Å²) in [6.07, 6.45) is 15.6. The van der Waals surface area contributed by atoms with E-state index in [0.717, 1.165) is 37.7 Å². The predicted molar refractivity (Wildman–Crippen MR) is 177 cm³/mol. The highest BCUT2D eigenvalue weighted by Gasteiger charge is 2.34. The number of rotatable bonds is 20. The number of amides is 2. The van der Waals surface area contributed by atoms with Crippen LogP contribution in [0, 0.1) is 36.5 Å². The van der Waals surface area contributed by atoms with E-state index in [2.05, 4.69) is 27.8 Å². The molecule has 1 saturated carbocycles. The molecule has 1 aliphatic rings. The van der Waals surface area contributed by atoms with Crippen molar-refractivity contribution in [1.82, 2.24) is 20.3 Å². The minimum atomic E-state index is -3.81. The third-order valence-electron chi connectivity index (χ3n) is 8.48. The van der Waals surface area contributed by atoms with Crippen LogP contribution in [-0.2, 0) is 26.0 Å². The average molecular weight is 645 g/mol. The Bertz CT molecular complexity index is 1220. The van der Waals surface area contributed by atoms with E-state index < -0.39 is 57.8 Å². The zero-order valence-electron chi connectivity index (χ0n) is 26.8. The first-order valence-corrected chi connectivity index (χ1v) is 17.6. The van der Waals surface area contributed by atoms with Gasteiger partial charge in [-0.2, -0.15) is 0 Å². The number of terminal acetylenes is 2. The van der Waals surface area contributed by atoms with Crippen molar-refractivity contribution in [3.8, 4) is 24.7 Å². The van der Waals surface area contributed by atoms with Gasteiger partial charge in [-0.1, -0.05) is 62.4 Å². The zero-order valence-corrected chi connectivity index (χ0v) is 27.6. The third-order valence-corrected chi connectivity index (χ3v) is 10.4. The molecule has 0 bridgehead atoms. The van der Waals surface area contributed by atoms with E-state index in [1.54, 1.807) is 7.05 Å². The number of benzene rings is 1. The Labute approximate surface area is 270 Å². The van der Waals surface area contributed by atoms with E-state index in [1.807, 2.05) is 30.3 Å². The molecule has 10 nitrogen and oxygen atoms in total. The van der Waals surface area contributed by atoms with E-state index in [0.29, 0.717) is 25.8 Å². The highest BCUT2D eigenvalue weighted by Crippen LogP contribution is 2.29. The maximum atomic E-state index is 13.7. The summed E-state index contributed by atoms with van der Waals surface area (Å²) in [6.45, 7) is 0.683. The molecule has 45 heavy (non-hydrogen) atoms. The number of nitrogens with one attached hydrogen (secondary N) is 3. The quantitative estimate of drug-likeness (QED) is 0.107. The number of hydrogen-bond acceptors (Lipinski definition) is 7. The van der Waals surface area contributed by atoms with Gasteiger partial charge < -0.3 is 26.2 Å². The fourth-order valence-corrected chi connectivity index (χ4v) is 7.14. The SMILES string of the molecule is C#CCCC[C@H](O)[C@H](O)[C@H](CC1CCCCC1)NC(=O)[C@H](CC#C)NC(=O)[C@@H](Cc1ccccc1)CS(=O)(=O)N(C)CCNC. The van der Waals surface area contributed by atoms with Gasteiger partial charge in [0, 0.05) is 33.0 Å². The molecule has 1 fully saturated rings. The lowest BCUT2D eigenvalue weighted by Crippen LogP contribution is -2.56. The first kappa shape index (κ1) is 38.3. The molecule has 0 radical (unpaired) electrons. The molecule has 0 spiro atoms. The van der Waals surface area contributed by atoms with Crippen LogP contribution in [0.2, 0.25) is 0 Å². The van der Waals surface area contributed by atoms with Crippen LogP contribution in [0.4, 0.5) is 0 Å². The predicted octanol–water partition coefficient (Wildman–Crippen LogP) is 1.81. The summed E-state index contributed by atoms with van der Waals surface area (Å²) in [5.74, 6) is 2.58. The summed E-state index contributed by atoms with van der Waals surface area (Å²) in [7, 11) is -0.619. The minimum absolute atomic E-state index is 0.137. The Kier molecular flexibility index (Phi) is 17.2. The molecule has 0 aliphatic heterocycles. The first-order chi connectivity index (χ1) is 21.5. The molecule has 11 heteroatoms. The Morgan fingerprint density at radius 1 is 1.04 bits per heavy atom. The Morgan fingerprint density at radius 2 is 1.73 bits per heavy atom. The average Bonchev–Trinajstić information content (AvgIpc) is 3.03. The largest absolute Gasteiger partial charge is 0.390 e. The number of carbonyl (C=O) groups is 2. The molecular weight excluding hydrogens is 592 g/mol. The van der Waals surface area contributed by atoms with Crippen molar-refractivity contribution in [2.75, 3.05) is 32.9 Å². The van der Waals surface area contributed by atoms with Crippen LogP contribution in [0.1, 0.15) is 69.8 Å². The number of carbonyl (C=O) groups excluding carboxylic acids is 2. The lowest BCUT2D eigenvalue weighted by molar-refractivity contribution is -0.132. The molecule has 1 aromatic rings. The summed E-state index contributed by atoms with van der Waals surface area (Å²) >= 11 is 0. The molecule has 2 rings (SSSR count). The van der Waals surface area contributed by atoms with Gasteiger partial charge in [0.25, 0.3) is 0 Å². The second-order valence-corrected chi connectivity index (χ2v) is 14.2. The van der Waals surface area contributed by atoms with Gasteiger partial charge in [0.2, 0.25) is 21.8 Å². The molecule has 0 saturated heterocycles. The van der Waals surface area contributed by atoms with Crippen molar-refractivity contribution >= 4 is 21.8 Å². The highest BCUT2D eigenvalue weighted by atomic mass is 32.2. The van der Waals surface area contributed by atoms with Crippen molar-refractivity contribution in [2.24, 2.45) is 11.8 Å². The smallest absolute Gasteiger partial charge is 0.243 e. The fourth-order valence-electron chi connectivity index (χ4n) is 5.73. The van der Waals surface area contributed by atoms with Gasteiger partial charge in [-0.3, -0.25) is 9.59 Å². The van der Waals surface area contributed by atoms with Gasteiger partial charge >= 0.3 is 0 Å². The van der Waals surface area contributed by atoms with Gasteiger partial charge in [-0.05, 0) is 44.2 Å². The lowest BCUT2D eigenvalue weighted by Gasteiger charge is -2.33. The molecule has 0 heterocycles. The summed E-state index contributed by atoms with van der Waals surface area (Å²) < 4.78 is 27.6. The number of likely N-dealkylation sites (N-methyl/N-ethyl adjacent to an activating group) is 2. The van der Waals surface area contributed by atoms with E-state index in [1.165, 1.54) is 11.4 Å². The van der Waals surface area contributed by atoms with Crippen molar-refractivity contribution in [3.63, 3.8) is 0 Å². The minimum Gasteiger partial charge on any atom is -0.390 e. The molecular formula is C34H52N4O6S. The Balaban J connectivity index is 2.25. The number of sulfonamides is 1. The molecule has 250 valence electrons. The summed E-state index contributed by atoms with van der Waals surface area (Å²) in [4.78, 5) is 27.3. The normalized spacial score (nSPS) is 17.3. The maximum absolute atomic E-state index is 13.7. The second kappa shape index (κ2) is 20.2. The molecule has 0 aromatic heterocycles. The lowest BCUT2D eigenvalue weighted by atomic mass is 9.82. The van der Waals surface area contributed by atoms with Crippen LogP contribution in [0.5, 0.6) is 0 Å². The monoisotopic (exact) mass is 644 g/mol. The zero-order chi connectivity index (χ0) is 33.2. The Hall–Kier alpha value is -2.93. The number of aliphatic hydroxyl groups excluding tert-OH is 2. The Morgan fingerprint density at radius 3 is 2.36 bits per heavy atom. The molecule has 1 aliphatic carbocycles. The third kappa shape index (κ3) is 13.5. The number of unbranched alkanes of at least 4 members (excludes halogenated alkanes) is 1. The summed E-state index contributed by atoms with van der Waals surface area (Å²) in [5, 5.41) is 30.3. The van der Waals surface area contributed by atoms with Crippen LogP contribution in [0.25, 0.3) is 0 Å². The van der Waals surface area contributed by atoms with Gasteiger partial charge in [0.15, 0.2) is 0 Å². The summed E-state index contributed by atoms with van der Waals surface area (Å²) in [5.41, 5.74) is 0.776. The van der Waals surface area contributed by atoms with Gasteiger partial charge in [-0.15, -0.1) is 24.7 Å². The van der Waals surface area contributed by atoms with Gasteiger partial charge in [0.1, 0.15) is 6.04 Å². The maximum Gasteiger partial charge on any atom is 0.243 e. The number of aliphatic hydroxyl groups is 2. The van der Waals surface area contributed by atoms with Crippen molar-refractivity contribution < 1.29 is 28.2 Å². The molecule has 1 aromatic carbocycles. The molecule has 0 unspecified atom stereocenters. The standard InChI is InChI=1S/C34H52N4O6S/c1-5-7-10-20-31(39)32(40)30(24-27-18-13-9-14-19-27)37-34(42)29(15-6-2)36-33(41)28(23-26-16-11-8-12-17-26)25-45(43,44)38(4)22-21-35-3/h1-2,8,11-12,16-17,27-32,35,39-40H,7,9-10,13-15,18-25H2,3-4H3,(H,36,41)(H,37,42)/t28-,29-,30-,31-,32+/m0/s1.